The molecule has 0 saturated heterocycles. The first-order valence-corrected chi connectivity index (χ1v) is 7.07. The zero-order valence-electron chi connectivity index (χ0n) is 11.4. The van der Waals surface area contributed by atoms with E-state index in [4.69, 9.17) is 0 Å². The van der Waals surface area contributed by atoms with Crippen LogP contribution in [0.4, 0.5) is 5.13 Å². The Bertz CT molecular complexity index is 783. The Hall–Kier alpha value is -2.21. The van der Waals surface area contributed by atoms with Gasteiger partial charge in [0.05, 0.1) is 16.8 Å². The van der Waals surface area contributed by atoms with E-state index in [2.05, 4.69) is 20.3 Å². The number of imidazole rings is 1. The summed E-state index contributed by atoms with van der Waals surface area (Å²) >= 11 is 1.48. The Labute approximate surface area is 120 Å². The highest BCUT2D eigenvalue weighted by molar-refractivity contribution is 7.15. The van der Waals surface area contributed by atoms with Gasteiger partial charge in [-0.15, -0.1) is 11.3 Å². The van der Waals surface area contributed by atoms with Gasteiger partial charge >= 0.3 is 0 Å². The number of hydrogen-bond acceptors (Lipinski definition) is 4. The summed E-state index contributed by atoms with van der Waals surface area (Å²) in [5, 5.41) is 3.46. The highest BCUT2D eigenvalue weighted by atomic mass is 32.1. The van der Waals surface area contributed by atoms with Gasteiger partial charge in [0.1, 0.15) is 11.3 Å². The number of para-hydroxylation sites is 1. The SMILES string of the molecule is Cc1nc2c(C(=O)Nc3nc(C)c(C)s3)cccc2[nH]1. The molecule has 0 unspecified atom stereocenters. The van der Waals surface area contributed by atoms with Crippen molar-refractivity contribution in [2.75, 3.05) is 5.32 Å². The molecule has 2 aromatic heterocycles. The summed E-state index contributed by atoms with van der Waals surface area (Å²) in [6.45, 7) is 5.79. The van der Waals surface area contributed by atoms with Crippen molar-refractivity contribution in [1.82, 2.24) is 15.0 Å². The molecule has 0 aliphatic rings. The second-order valence-electron chi connectivity index (χ2n) is 4.64. The topological polar surface area (TPSA) is 70.7 Å². The predicted octanol–water partition coefficient (Wildman–Crippen LogP) is 3.20. The van der Waals surface area contributed by atoms with Gasteiger partial charge in [0, 0.05) is 4.88 Å². The normalized spacial score (nSPS) is 10.9. The molecule has 2 N–H and O–H groups in total. The lowest BCUT2D eigenvalue weighted by Crippen LogP contribution is -2.12. The monoisotopic (exact) mass is 286 g/mol. The van der Waals surface area contributed by atoms with E-state index in [-0.39, 0.29) is 5.91 Å². The number of amides is 1. The summed E-state index contributed by atoms with van der Waals surface area (Å²) in [5.41, 5.74) is 3.05. The molecular weight excluding hydrogens is 272 g/mol. The molecule has 102 valence electrons. The third-order valence-corrected chi connectivity index (χ3v) is 4.11. The van der Waals surface area contributed by atoms with Crippen LogP contribution in [0.3, 0.4) is 0 Å². The van der Waals surface area contributed by atoms with E-state index < -0.39 is 0 Å². The smallest absolute Gasteiger partial charge is 0.259 e. The van der Waals surface area contributed by atoms with Crippen molar-refractivity contribution >= 4 is 33.4 Å². The molecule has 5 nitrogen and oxygen atoms in total. The molecule has 6 heteroatoms. The molecule has 1 aromatic carbocycles. The van der Waals surface area contributed by atoms with Crippen LogP contribution >= 0.6 is 11.3 Å². The predicted molar refractivity (Wildman–Crippen MR) is 80.4 cm³/mol. The fourth-order valence-electron chi connectivity index (χ4n) is 2.03. The molecule has 3 aromatic rings. The molecule has 0 bridgehead atoms. The highest BCUT2D eigenvalue weighted by Crippen LogP contribution is 2.23. The summed E-state index contributed by atoms with van der Waals surface area (Å²) in [7, 11) is 0. The molecule has 0 atom stereocenters. The molecule has 1 amide bonds. The number of thiazole rings is 1. The van der Waals surface area contributed by atoms with Gasteiger partial charge in [-0.1, -0.05) is 6.07 Å². The number of aromatic nitrogens is 3. The summed E-state index contributed by atoms with van der Waals surface area (Å²) in [6.07, 6.45) is 0. The Morgan fingerprint density at radius 3 is 2.75 bits per heavy atom. The number of benzene rings is 1. The average Bonchev–Trinajstić information content (AvgIpc) is 2.91. The number of nitrogens with one attached hydrogen (secondary N) is 2. The van der Waals surface area contributed by atoms with E-state index in [1.54, 1.807) is 6.07 Å². The number of carbonyl (C=O) groups excluding carboxylic acids is 1. The van der Waals surface area contributed by atoms with Crippen LogP contribution < -0.4 is 5.32 Å². The lowest BCUT2D eigenvalue weighted by atomic mass is 10.2. The van der Waals surface area contributed by atoms with Crippen LogP contribution in [-0.2, 0) is 0 Å². The Morgan fingerprint density at radius 1 is 1.25 bits per heavy atom. The summed E-state index contributed by atoms with van der Waals surface area (Å²) in [5.74, 6) is 0.608. The molecule has 0 aliphatic carbocycles. The first-order valence-electron chi connectivity index (χ1n) is 6.25. The van der Waals surface area contributed by atoms with Gasteiger partial charge in [-0.2, -0.15) is 0 Å². The lowest BCUT2D eigenvalue weighted by Gasteiger charge is -2.02. The summed E-state index contributed by atoms with van der Waals surface area (Å²) in [4.78, 5) is 25.3. The minimum atomic E-state index is -0.184. The summed E-state index contributed by atoms with van der Waals surface area (Å²) < 4.78 is 0. The van der Waals surface area contributed by atoms with Crippen LogP contribution in [0.1, 0.15) is 26.8 Å². The Kier molecular flexibility index (Phi) is 3.02. The Balaban J connectivity index is 1.96. The van der Waals surface area contributed by atoms with E-state index in [0.717, 1.165) is 21.9 Å². The van der Waals surface area contributed by atoms with Crippen molar-refractivity contribution in [2.45, 2.75) is 20.8 Å². The minimum absolute atomic E-state index is 0.184. The van der Waals surface area contributed by atoms with Crippen LogP contribution in [0, 0.1) is 20.8 Å². The average molecular weight is 286 g/mol. The molecule has 0 radical (unpaired) electrons. The Morgan fingerprint density at radius 2 is 2.05 bits per heavy atom. The van der Waals surface area contributed by atoms with Gasteiger partial charge in [0.15, 0.2) is 5.13 Å². The van der Waals surface area contributed by atoms with Gasteiger partial charge in [-0.3, -0.25) is 10.1 Å². The molecule has 20 heavy (non-hydrogen) atoms. The molecule has 0 spiro atoms. The number of H-pyrrole nitrogens is 1. The number of hydrogen-bond donors (Lipinski definition) is 2. The molecular formula is C14H14N4OS. The van der Waals surface area contributed by atoms with Crippen LogP contribution in [-0.4, -0.2) is 20.9 Å². The standard InChI is InChI=1S/C14H14N4OS/c1-7-8(2)20-14(15-7)18-13(19)10-5-4-6-11-12(10)17-9(3)16-11/h4-6H,1-3H3,(H,16,17)(H,15,18,19). The summed E-state index contributed by atoms with van der Waals surface area (Å²) in [6, 6.07) is 5.52. The number of nitrogens with zero attached hydrogens (tertiary/aromatic N) is 2. The number of carbonyl (C=O) groups is 1. The van der Waals surface area contributed by atoms with Gasteiger partial charge in [-0.25, -0.2) is 9.97 Å². The molecule has 0 fully saturated rings. The van der Waals surface area contributed by atoms with Crippen LogP contribution in [0.2, 0.25) is 0 Å². The van der Waals surface area contributed by atoms with Crippen molar-refractivity contribution in [1.29, 1.82) is 0 Å². The van der Waals surface area contributed by atoms with Crippen LogP contribution in [0.15, 0.2) is 18.2 Å². The zero-order chi connectivity index (χ0) is 14.3. The largest absolute Gasteiger partial charge is 0.342 e. The molecule has 0 saturated carbocycles. The van der Waals surface area contributed by atoms with Crippen molar-refractivity contribution in [3.05, 3.63) is 40.2 Å². The maximum absolute atomic E-state index is 12.4. The van der Waals surface area contributed by atoms with E-state index in [9.17, 15) is 4.79 Å². The van der Waals surface area contributed by atoms with E-state index in [0.29, 0.717) is 16.2 Å². The van der Waals surface area contributed by atoms with Gasteiger partial charge in [0.25, 0.3) is 5.91 Å². The van der Waals surface area contributed by atoms with Gasteiger partial charge < -0.3 is 4.98 Å². The molecule has 3 rings (SSSR count). The third-order valence-electron chi connectivity index (χ3n) is 3.12. The van der Waals surface area contributed by atoms with E-state index in [1.807, 2.05) is 32.9 Å². The number of aromatic amines is 1. The van der Waals surface area contributed by atoms with Crippen molar-refractivity contribution in [3.63, 3.8) is 0 Å². The van der Waals surface area contributed by atoms with Crippen molar-refractivity contribution < 1.29 is 4.79 Å². The number of aryl methyl sites for hydroxylation is 3. The quantitative estimate of drug-likeness (QED) is 0.760. The maximum atomic E-state index is 12.4. The van der Waals surface area contributed by atoms with E-state index in [1.165, 1.54) is 11.3 Å². The first-order chi connectivity index (χ1) is 9.54. The molecule has 2 heterocycles. The van der Waals surface area contributed by atoms with Crippen molar-refractivity contribution in [2.24, 2.45) is 0 Å². The third kappa shape index (κ3) is 2.18. The van der Waals surface area contributed by atoms with Crippen LogP contribution in [0.5, 0.6) is 0 Å². The fourth-order valence-corrected chi connectivity index (χ4v) is 2.84. The van der Waals surface area contributed by atoms with Crippen LogP contribution in [0.25, 0.3) is 11.0 Å². The number of rotatable bonds is 2. The van der Waals surface area contributed by atoms with Gasteiger partial charge in [0.2, 0.25) is 0 Å². The first kappa shape index (κ1) is 12.8. The minimum Gasteiger partial charge on any atom is -0.342 e. The number of fused-ring (bicyclic) bond motifs is 1. The fraction of sp³-hybridized carbons (Fsp3) is 0.214. The van der Waals surface area contributed by atoms with Crippen molar-refractivity contribution in [3.8, 4) is 0 Å². The zero-order valence-corrected chi connectivity index (χ0v) is 12.3. The maximum Gasteiger partial charge on any atom is 0.259 e. The second kappa shape index (κ2) is 4.72. The van der Waals surface area contributed by atoms with Gasteiger partial charge in [-0.05, 0) is 32.9 Å². The number of anilines is 1. The lowest BCUT2D eigenvalue weighted by molar-refractivity contribution is 0.102. The highest BCUT2D eigenvalue weighted by Gasteiger charge is 2.14. The second-order valence-corrected chi connectivity index (χ2v) is 5.84. The molecule has 0 aliphatic heterocycles. The van der Waals surface area contributed by atoms with E-state index >= 15 is 0 Å².